The van der Waals surface area contributed by atoms with Crippen LogP contribution in [0.5, 0.6) is 0 Å². The van der Waals surface area contributed by atoms with Gasteiger partial charge >= 0.3 is 0 Å². The highest BCUT2D eigenvalue weighted by Gasteiger charge is 2.11. The van der Waals surface area contributed by atoms with Gasteiger partial charge in [-0.25, -0.2) is 4.21 Å². The molecule has 0 aromatic rings. The lowest BCUT2D eigenvalue weighted by Gasteiger charge is -2.19. The maximum atomic E-state index is 10.7. The Bertz CT molecular complexity index is 275. The van der Waals surface area contributed by atoms with E-state index < -0.39 is 11.4 Å². The number of halogens is 1. The second-order valence-corrected chi connectivity index (χ2v) is 7.95. The number of alkyl halides is 1. The first-order valence-corrected chi connectivity index (χ1v) is 10.9. The second-order valence-electron chi connectivity index (χ2n) is 6.60. The fraction of sp³-hybridized carbons (Fsp3) is 1.00. The zero-order valence-corrected chi connectivity index (χ0v) is 16.6. The number of rotatable bonds is 17. The number of unbranched alkanes of at least 4 members (excludes halogenated alkanes) is 10. The minimum absolute atomic E-state index is 0.0681. The summed E-state index contributed by atoms with van der Waals surface area (Å²) in [6.07, 6.45) is 16.4. The molecule has 0 aromatic heterocycles. The van der Waals surface area contributed by atoms with Crippen molar-refractivity contribution >= 4 is 23.0 Å². The molecule has 0 fully saturated rings. The first-order valence-electron chi connectivity index (χ1n) is 9.46. The first-order chi connectivity index (χ1) is 11.1. The van der Waals surface area contributed by atoms with E-state index in [9.17, 15) is 8.76 Å². The van der Waals surface area contributed by atoms with E-state index in [1.54, 1.807) is 0 Å². The zero-order chi connectivity index (χ0) is 17.3. The Morgan fingerprint density at radius 3 is 1.78 bits per heavy atom. The van der Waals surface area contributed by atoms with Crippen LogP contribution < -0.4 is 0 Å². The van der Waals surface area contributed by atoms with Gasteiger partial charge in [-0.15, -0.1) is 11.6 Å². The molecule has 140 valence electrons. The average molecular weight is 368 g/mol. The fourth-order valence-corrected chi connectivity index (χ4v) is 3.34. The van der Waals surface area contributed by atoms with E-state index in [1.807, 2.05) is 6.92 Å². The van der Waals surface area contributed by atoms with Crippen LogP contribution in [0.25, 0.3) is 0 Å². The molecule has 3 unspecified atom stereocenters. The molecule has 0 aliphatic heterocycles. The van der Waals surface area contributed by atoms with Gasteiger partial charge in [0.05, 0.1) is 17.5 Å². The van der Waals surface area contributed by atoms with Crippen LogP contribution in [0.2, 0.25) is 0 Å². The van der Waals surface area contributed by atoms with Crippen molar-refractivity contribution in [2.45, 2.75) is 115 Å². The van der Waals surface area contributed by atoms with Crippen LogP contribution >= 0.6 is 11.6 Å². The Labute approximate surface area is 151 Å². The van der Waals surface area contributed by atoms with E-state index in [0.29, 0.717) is 0 Å². The van der Waals surface area contributed by atoms with Gasteiger partial charge in [-0.05, 0) is 26.2 Å². The van der Waals surface area contributed by atoms with E-state index in [4.69, 9.17) is 15.8 Å². The molecule has 0 aromatic carbocycles. The molecule has 0 N–H and O–H groups in total. The van der Waals surface area contributed by atoms with E-state index in [2.05, 4.69) is 6.92 Å². The maximum Gasteiger partial charge on any atom is 0.0844 e. The summed E-state index contributed by atoms with van der Waals surface area (Å²) in [6.45, 7) is 4.18. The second kappa shape index (κ2) is 17.2. The van der Waals surface area contributed by atoms with Crippen LogP contribution in [0.15, 0.2) is 0 Å². The molecule has 0 amide bonds. The van der Waals surface area contributed by atoms with Gasteiger partial charge in [0, 0.05) is 5.38 Å². The van der Waals surface area contributed by atoms with Crippen LogP contribution in [0.3, 0.4) is 0 Å². The molecule has 0 bridgehead atoms. The highest BCUT2D eigenvalue weighted by Crippen LogP contribution is 2.17. The number of hydrogen-bond acceptors (Lipinski definition) is 3. The quantitative estimate of drug-likeness (QED) is 0.173. The van der Waals surface area contributed by atoms with Gasteiger partial charge in [-0.1, -0.05) is 77.6 Å². The Morgan fingerprint density at radius 2 is 1.35 bits per heavy atom. The lowest BCUT2D eigenvalue weighted by Crippen LogP contribution is -2.16. The molecule has 23 heavy (non-hydrogen) atoms. The van der Waals surface area contributed by atoms with E-state index in [-0.39, 0.29) is 11.5 Å². The Kier molecular flexibility index (Phi) is 17.5. The van der Waals surface area contributed by atoms with Crippen molar-refractivity contribution in [2.24, 2.45) is 0 Å². The summed E-state index contributed by atoms with van der Waals surface area (Å²) in [5.74, 6) is 0. The minimum Gasteiger partial charge on any atom is -0.750 e. The van der Waals surface area contributed by atoms with Gasteiger partial charge < -0.3 is 4.55 Å². The lowest BCUT2D eigenvalue weighted by molar-refractivity contribution is 0.174. The topological polar surface area (TPSA) is 49.4 Å². The zero-order valence-electron chi connectivity index (χ0n) is 15.1. The van der Waals surface area contributed by atoms with Crippen molar-refractivity contribution in [2.75, 3.05) is 0 Å². The smallest absolute Gasteiger partial charge is 0.0844 e. The molecule has 0 saturated heterocycles. The van der Waals surface area contributed by atoms with Crippen LogP contribution in [-0.2, 0) is 15.5 Å². The van der Waals surface area contributed by atoms with E-state index in [0.717, 1.165) is 32.1 Å². The van der Waals surface area contributed by atoms with Crippen LogP contribution in [0.1, 0.15) is 104 Å². The van der Waals surface area contributed by atoms with Crippen LogP contribution in [0, 0.1) is 0 Å². The summed E-state index contributed by atoms with van der Waals surface area (Å²) in [5, 5.41) is 0.0681. The first kappa shape index (κ1) is 23.4. The van der Waals surface area contributed by atoms with Gasteiger partial charge in [-0.3, -0.25) is 4.18 Å². The lowest BCUT2D eigenvalue weighted by atomic mass is 10.0. The molecular weight excluding hydrogens is 332 g/mol. The van der Waals surface area contributed by atoms with Gasteiger partial charge in [0.1, 0.15) is 0 Å². The molecule has 3 nitrogen and oxygen atoms in total. The predicted molar refractivity (Wildman–Crippen MR) is 99.4 cm³/mol. The van der Waals surface area contributed by atoms with Crippen molar-refractivity contribution in [1.82, 2.24) is 0 Å². The van der Waals surface area contributed by atoms with Gasteiger partial charge in [0.15, 0.2) is 0 Å². The molecular formula is C18H36ClO3S-. The van der Waals surface area contributed by atoms with Crippen molar-refractivity contribution < 1.29 is 12.9 Å². The predicted octanol–water partition coefficient (Wildman–Crippen LogP) is 6.27. The third-order valence-corrected chi connectivity index (χ3v) is 4.88. The Morgan fingerprint density at radius 1 is 0.870 bits per heavy atom. The minimum atomic E-state index is -2.42. The molecule has 0 spiro atoms. The van der Waals surface area contributed by atoms with Crippen molar-refractivity contribution in [3.8, 4) is 0 Å². The molecule has 0 aliphatic carbocycles. The SMILES string of the molecule is CCCCCCCCCCCCCC(CCC(C)Cl)OS(=O)[O-]. The van der Waals surface area contributed by atoms with Gasteiger partial charge in [0.25, 0.3) is 0 Å². The average Bonchev–Trinajstić information content (AvgIpc) is 2.49. The summed E-state index contributed by atoms with van der Waals surface area (Å²) >= 11 is 3.50. The fourth-order valence-electron chi connectivity index (χ4n) is 2.80. The summed E-state index contributed by atoms with van der Waals surface area (Å²) in [5.41, 5.74) is 0. The molecule has 0 saturated carbocycles. The summed E-state index contributed by atoms with van der Waals surface area (Å²) in [7, 11) is 0. The third-order valence-electron chi connectivity index (χ3n) is 4.23. The highest BCUT2D eigenvalue weighted by atomic mass is 35.5. The summed E-state index contributed by atoms with van der Waals surface area (Å²) < 4.78 is 26.4. The van der Waals surface area contributed by atoms with Crippen molar-refractivity contribution in [3.63, 3.8) is 0 Å². The number of hydrogen-bond donors (Lipinski definition) is 0. The molecule has 0 radical (unpaired) electrons. The molecule has 0 aliphatic rings. The van der Waals surface area contributed by atoms with Gasteiger partial charge in [-0.2, -0.15) is 0 Å². The molecule has 5 heteroatoms. The molecule has 0 heterocycles. The maximum absolute atomic E-state index is 10.7. The van der Waals surface area contributed by atoms with Crippen LogP contribution in [0.4, 0.5) is 0 Å². The van der Waals surface area contributed by atoms with Crippen molar-refractivity contribution in [3.05, 3.63) is 0 Å². The standard InChI is InChI=1S/C18H37ClO3S/c1-3-4-5-6-7-8-9-10-11-12-13-14-18(22-23(20)21)16-15-17(2)19/h17-18H,3-16H2,1-2H3,(H,20,21)/p-1. The van der Waals surface area contributed by atoms with Gasteiger partial charge in [0.2, 0.25) is 0 Å². The normalized spacial score (nSPS) is 15.5. The van der Waals surface area contributed by atoms with Crippen LogP contribution in [-0.4, -0.2) is 20.2 Å². The molecule has 3 atom stereocenters. The monoisotopic (exact) mass is 367 g/mol. The summed E-state index contributed by atoms with van der Waals surface area (Å²) in [6, 6.07) is 0. The van der Waals surface area contributed by atoms with Crippen molar-refractivity contribution in [1.29, 1.82) is 0 Å². The largest absolute Gasteiger partial charge is 0.750 e. The third kappa shape index (κ3) is 18.5. The Hall–Kier alpha value is 0.360. The molecule has 0 rings (SSSR count). The highest BCUT2D eigenvalue weighted by molar-refractivity contribution is 7.74. The van der Waals surface area contributed by atoms with E-state index >= 15 is 0 Å². The van der Waals surface area contributed by atoms with E-state index in [1.165, 1.54) is 57.8 Å². The summed E-state index contributed by atoms with van der Waals surface area (Å²) in [4.78, 5) is 0. The Balaban J connectivity index is 3.48.